The molecule has 0 unspecified atom stereocenters. The molecule has 2 rings (SSSR count). The van der Waals surface area contributed by atoms with E-state index in [1.54, 1.807) is 12.1 Å². The van der Waals surface area contributed by atoms with Crippen LogP contribution < -0.4 is 15.8 Å². The fraction of sp³-hybridized carbons (Fsp3) is 0.364. The summed E-state index contributed by atoms with van der Waals surface area (Å²) in [7, 11) is 0. The van der Waals surface area contributed by atoms with Gasteiger partial charge in [0.2, 0.25) is 0 Å². The summed E-state index contributed by atoms with van der Waals surface area (Å²) in [5.74, 6) is 0.477. The number of rotatable bonds is 3. The summed E-state index contributed by atoms with van der Waals surface area (Å²) < 4.78 is 5.25. The Kier molecular flexibility index (Phi) is 2.96. The summed E-state index contributed by atoms with van der Waals surface area (Å²) in [4.78, 5) is 11.7. The summed E-state index contributed by atoms with van der Waals surface area (Å²) in [5.41, 5.74) is 7.47. The smallest absolute Gasteiger partial charge is 0.168 e. The lowest BCUT2D eigenvalue weighted by Crippen LogP contribution is -2.20. The maximum Gasteiger partial charge on any atom is 0.168 e. The van der Waals surface area contributed by atoms with Gasteiger partial charge < -0.3 is 20.9 Å². The van der Waals surface area contributed by atoms with E-state index < -0.39 is 0 Å². The van der Waals surface area contributed by atoms with Crippen molar-refractivity contribution in [3.8, 4) is 5.75 Å². The molecule has 0 spiro atoms. The van der Waals surface area contributed by atoms with Crippen molar-refractivity contribution < 1.29 is 14.6 Å². The number of benzene rings is 1. The molecule has 1 aromatic carbocycles. The third-order valence-corrected chi connectivity index (χ3v) is 2.50. The Morgan fingerprint density at radius 3 is 3.06 bits per heavy atom. The van der Waals surface area contributed by atoms with E-state index in [-0.39, 0.29) is 19.0 Å². The molecule has 0 saturated carbocycles. The lowest BCUT2D eigenvalue weighted by Gasteiger charge is -2.20. The first-order valence-electron chi connectivity index (χ1n) is 5.17. The molecule has 0 radical (unpaired) electrons. The Labute approximate surface area is 93.2 Å². The minimum Gasteiger partial charge on any atom is -0.489 e. The van der Waals surface area contributed by atoms with Gasteiger partial charge in [-0.15, -0.1) is 0 Å². The largest absolute Gasteiger partial charge is 0.489 e. The van der Waals surface area contributed by atoms with Crippen molar-refractivity contribution in [2.75, 3.05) is 30.8 Å². The van der Waals surface area contributed by atoms with Crippen LogP contribution in [0.25, 0.3) is 0 Å². The van der Waals surface area contributed by atoms with Gasteiger partial charge in [0, 0.05) is 18.7 Å². The third kappa shape index (κ3) is 1.81. The van der Waals surface area contributed by atoms with E-state index in [0.29, 0.717) is 30.0 Å². The standard InChI is InChI=1S/C11H14N2O3/c12-11-9(16-6-5-14)2-1-7-10(11)8(15)3-4-13-7/h1-2,13-14H,3-6,12H2. The highest BCUT2D eigenvalue weighted by Gasteiger charge is 2.21. The number of hydrogen-bond donors (Lipinski definition) is 3. The fourth-order valence-electron chi connectivity index (χ4n) is 1.77. The Bertz CT molecular complexity index is 418. The number of anilines is 2. The second-order valence-corrected chi connectivity index (χ2v) is 3.57. The van der Waals surface area contributed by atoms with E-state index in [1.165, 1.54) is 0 Å². The highest BCUT2D eigenvalue weighted by molar-refractivity contribution is 6.08. The van der Waals surface area contributed by atoms with Crippen LogP contribution in [0.1, 0.15) is 16.8 Å². The summed E-state index contributed by atoms with van der Waals surface area (Å²) in [5, 5.41) is 11.8. The Balaban J connectivity index is 2.37. The second-order valence-electron chi connectivity index (χ2n) is 3.57. The van der Waals surface area contributed by atoms with Crippen LogP contribution in [-0.4, -0.2) is 30.6 Å². The summed E-state index contributed by atoms with van der Waals surface area (Å²) in [6.45, 7) is 0.732. The van der Waals surface area contributed by atoms with Crippen LogP contribution in [0.3, 0.4) is 0 Å². The van der Waals surface area contributed by atoms with Crippen LogP contribution in [0.2, 0.25) is 0 Å². The molecular formula is C11H14N2O3. The number of nitrogens with two attached hydrogens (primary N) is 1. The first-order valence-corrected chi connectivity index (χ1v) is 5.17. The number of aliphatic hydroxyl groups excluding tert-OH is 1. The lowest BCUT2D eigenvalue weighted by atomic mass is 10.00. The van der Waals surface area contributed by atoms with Crippen LogP contribution >= 0.6 is 0 Å². The topological polar surface area (TPSA) is 84.6 Å². The average Bonchev–Trinajstić information content (AvgIpc) is 2.28. The van der Waals surface area contributed by atoms with E-state index >= 15 is 0 Å². The molecule has 0 amide bonds. The number of carbonyl (C=O) groups is 1. The Morgan fingerprint density at radius 1 is 1.50 bits per heavy atom. The molecular weight excluding hydrogens is 208 g/mol. The highest BCUT2D eigenvalue weighted by atomic mass is 16.5. The van der Waals surface area contributed by atoms with Gasteiger partial charge in [0.05, 0.1) is 17.9 Å². The molecule has 16 heavy (non-hydrogen) atoms. The van der Waals surface area contributed by atoms with E-state index in [2.05, 4.69) is 5.32 Å². The lowest BCUT2D eigenvalue weighted by molar-refractivity contribution is 0.0984. The van der Waals surface area contributed by atoms with E-state index in [1.807, 2.05) is 0 Å². The number of hydrogen-bond acceptors (Lipinski definition) is 5. The molecule has 86 valence electrons. The number of Topliss-reactive ketones (excluding diaryl/α,β-unsaturated/α-hetero) is 1. The molecule has 4 N–H and O–H groups in total. The minimum atomic E-state index is -0.0806. The Hall–Kier alpha value is -1.75. The van der Waals surface area contributed by atoms with Crippen LogP contribution in [0.5, 0.6) is 5.75 Å². The van der Waals surface area contributed by atoms with Gasteiger partial charge in [-0.3, -0.25) is 4.79 Å². The zero-order valence-corrected chi connectivity index (χ0v) is 8.82. The molecule has 0 fully saturated rings. The van der Waals surface area contributed by atoms with Gasteiger partial charge in [-0.05, 0) is 12.1 Å². The van der Waals surface area contributed by atoms with Crippen molar-refractivity contribution in [3.63, 3.8) is 0 Å². The predicted molar refractivity (Wildman–Crippen MR) is 60.9 cm³/mol. The van der Waals surface area contributed by atoms with Crippen molar-refractivity contribution in [1.82, 2.24) is 0 Å². The average molecular weight is 222 g/mol. The van der Waals surface area contributed by atoms with Crippen molar-refractivity contribution in [2.24, 2.45) is 0 Å². The molecule has 0 bridgehead atoms. The number of nitrogens with one attached hydrogen (secondary N) is 1. The van der Waals surface area contributed by atoms with Crippen LogP contribution in [0.15, 0.2) is 12.1 Å². The molecule has 5 heteroatoms. The number of ether oxygens (including phenoxy) is 1. The van der Waals surface area contributed by atoms with E-state index in [9.17, 15) is 4.79 Å². The summed E-state index contributed by atoms with van der Waals surface area (Å²) in [6.07, 6.45) is 0.445. The Morgan fingerprint density at radius 2 is 2.31 bits per heavy atom. The zero-order chi connectivity index (χ0) is 11.5. The van der Waals surface area contributed by atoms with Gasteiger partial charge in [-0.2, -0.15) is 0 Å². The number of ketones is 1. The number of carbonyl (C=O) groups excluding carboxylic acids is 1. The number of nitrogen functional groups attached to an aromatic ring is 1. The summed E-state index contributed by atoms with van der Waals surface area (Å²) >= 11 is 0. The van der Waals surface area contributed by atoms with Crippen LogP contribution in [0, 0.1) is 0 Å². The first kappa shape index (κ1) is 10.8. The molecule has 5 nitrogen and oxygen atoms in total. The number of aliphatic hydroxyl groups is 1. The number of fused-ring (bicyclic) bond motifs is 1. The van der Waals surface area contributed by atoms with E-state index in [0.717, 1.165) is 5.69 Å². The highest BCUT2D eigenvalue weighted by Crippen LogP contribution is 2.34. The van der Waals surface area contributed by atoms with Crippen LogP contribution in [-0.2, 0) is 0 Å². The SMILES string of the molecule is Nc1c(OCCO)ccc2c1C(=O)CCN2. The molecule has 0 aliphatic carbocycles. The maximum atomic E-state index is 11.7. The first-order chi connectivity index (χ1) is 7.74. The predicted octanol–water partition coefficient (Wildman–Crippen LogP) is 0.638. The van der Waals surface area contributed by atoms with Crippen molar-refractivity contribution in [2.45, 2.75) is 6.42 Å². The normalized spacial score (nSPS) is 14.2. The molecule has 0 atom stereocenters. The van der Waals surface area contributed by atoms with Gasteiger partial charge in [0.15, 0.2) is 5.78 Å². The van der Waals surface area contributed by atoms with Crippen molar-refractivity contribution in [3.05, 3.63) is 17.7 Å². The second kappa shape index (κ2) is 4.40. The molecule has 0 aromatic heterocycles. The van der Waals surface area contributed by atoms with Gasteiger partial charge in [0.25, 0.3) is 0 Å². The van der Waals surface area contributed by atoms with Gasteiger partial charge in [0.1, 0.15) is 12.4 Å². The molecule has 1 aliphatic heterocycles. The molecule has 1 aromatic rings. The molecule has 0 saturated heterocycles. The summed E-state index contributed by atoms with van der Waals surface area (Å²) in [6, 6.07) is 3.48. The van der Waals surface area contributed by atoms with Crippen molar-refractivity contribution in [1.29, 1.82) is 0 Å². The molecule has 1 heterocycles. The molecule has 1 aliphatic rings. The van der Waals surface area contributed by atoms with Gasteiger partial charge in [-0.1, -0.05) is 0 Å². The van der Waals surface area contributed by atoms with Gasteiger partial charge in [-0.25, -0.2) is 0 Å². The van der Waals surface area contributed by atoms with Gasteiger partial charge >= 0.3 is 0 Å². The maximum absolute atomic E-state index is 11.7. The third-order valence-electron chi connectivity index (χ3n) is 2.50. The minimum absolute atomic E-state index is 0.0284. The monoisotopic (exact) mass is 222 g/mol. The fourth-order valence-corrected chi connectivity index (χ4v) is 1.77. The van der Waals surface area contributed by atoms with Crippen molar-refractivity contribution >= 4 is 17.2 Å². The quantitative estimate of drug-likeness (QED) is 0.653. The zero-order valence-electron chi connectivity index (χ0n) is 8.82. The van der Waals surface area contributed by atoms with Crippen LogP contribution in [0.4, 0.5) is 11.4 Å². The van der Waals surface area contributed by atoms with E-state index in [4.69, 9.17) is 15.6 Å².